The highest BCUT2D eigenvalue weighted by Crippen LogP contribution is 2.50. The summed E-state index contributed by atoms with van der Waals surface area (Å²) in [6.07, 6.45) is 25.4. The first-order valence-electron chi connectivity index (χ1n) is 19.4. The van der Waals surface area contributed by atoms with Crippen LogP contribution in [0.25, 0.3) is 33.4 Å². The summed E-state index contributed by atoms with van der Waals surface area (Å²) in [5.41, 5.74) is 17.6. The average molecular weight is 719 g/mol. The molecule has 0 spiro atoms. The first kappa shape index (κ1) is 34.3. The van der Waals surface area contributed by atoms with Gasteiger partial charge in [0.2, 0.25) is 0 Å². The standard InChI is InChI=1S/C51H46N2S/c1-51(2)47-24-13-12-21-44(47)46-33-37(27-31-48(46)51)45-34-41(53(39-17-8-4-9-18-39)40-19-10-5-11-20-40)30-32-49(45)52-38-28-25-36(26-29-38)43-23-14-22-42(50(43)54)35-15-6-3-7-16-35/h3-6,8-10,12-15,17-19,21-28,30-34,38,52,54H,7,11,16,20,29H2,1-2H3. The number of anilines is 3. The van der Waals surface area contributed by atoms with E-state index in [1.54, 1.807) is 0 Å². The van der Waals surface area contributed by atoms with Crippen molar-refractivity contribution in [2.75, 3.05) is 10.2 Å². The molecule has 4 aliphatic carbocycles. The number of nitrogens with one attached hydrogen (secondary N) is 1. The van der Waals surface area contributed by atoms with E-state index in [-0.39, 0.29) is 11.5 Å². The second-order valence-electron chi connectivity index (χ2n) is 15.3. The number of benzene rings is 5. The number of para-hydroxylation sites is 1. The van der Waals surface area contributed by atoms with Gasteiger partial charge < -0.3 is 10.2 Å². The molecule has 266 valence electrons. The normalized spacial score (nSPS) is 18.0. The van der Waals surface area contributed by atoms with Crippen molar-refractivity contribution < 1.29 is 0 Å². The fourth-order valence-corrected chi connectivity index (χ4v) is 9.17. The van der Waals surface area contributed by atoms with Crippen molar-refractivity contribution in [1.29, 1.82) is 0 Å². The van der Waals surface area contributed by atoms with Gasteiger partial charge in [0.05, 0.1) is 0 Å². The minimum absolute atomic E-state index is 0.0355. The van der Waals surface area contributed by atoms with E-state index in [4.69, 9.17) is 12.6 Å². The molecule has 1 N–H and O–H groups in total. The van der Waals surface area contributed by atoms with Crippen LogP contribution in [0.4, 0.5) is 17.1 Å². The molecule has 0 aromatic heterocycles. The van der Waals surface area contributed by atoms with Crippen LogP contribution in [-0.4, -0.2) is 6.04 Å². The second kappa shape index (κ2) is 14.4. The lowest BCUT2D eigenvalue weighted by molar-refractivity contribution is 0.660. The molecule has 3 heteroatoms. The van der Waals surface area contributed by atoms with Crippen LogP contribution in [0.2, 0.25) is 0 Å². The Hall–Kier alpha value is -5.51. The first-order chi connectivity index (χ1) is 26.5. The van der Waals surface area contributed by atoms with E-state index >= 15 is 0 Å². The predicted molar refractivity (Wildman–Crippen MR) is 234 cm³/mol. The van der Waals surface area contributed by atoms with Gasteiger partial charge in [-0.15, -0.1) is 12.6 Å². The fourth-order valence-electron chi connectivity index (χ4n) is 8.75. The van der Waals surface area contributed by atoms with Crippen molar-refractivity contribution in [2.45, 2.75) is 62.3 Å². The van der Waals surface area contributed by atoms with Gasteiger partial charge in [-0.2, -0.15) is 0 Å². The highest BCUT2D eigenvalue weighted by Gasteiger charge is 2.35. The van der Waals surface area contributed by atoms with Crippen LogP contribution in [0.15, 0.2) is 174 Å². The molecule has 0 aliphatic heterocycles. The van der Waals surface area contributed by atoms with Gasteiger partial charge in [-0.1, -0.05) is 135 Å². The predicted octanol–water partition coefficient (Wildman–Crippen LogP) is 13.9. The highest BCUT2D eigenvalue weighted by molar-refractivity contribution is 7.80. The second-order valence-corrected chi connectivity index (χ2v) is 15.8. The van der Waals surface area contributed by atoms with Gasteiger partial charge in [-0.3, -0.25) is 0 Å². The number of rotatable bonds is 8. The Labute approximate surface area is 326 Å². The van der Waals surface area contributed by atoms with Crippen LogP contribution < -0.4 is 10.2 Å². The maximum Gasteiger partial charge on any atom is 0.0482 e. The topological polar surface area (TPSA) is 15.3 Å². The maximum atomic E-state index is 5.07. The van der Waals surface area contributed by atoms with E-state index in [1.165, 1.54) is 67.0 Å². The Bertz CT molecular complexity index is 2440. The molecule has 0 amide bonds. The van der Waals surface area contributed by atoms with Crippen molar-refractivity contribution in [3.8, 4) is 22.3 Å². The Morgan fingerprint density at radius 1 is 0.667 bits per heavy atom. The zero-order valence-corrected chi connectivity index (χ0v) is 32.0. The molecule has 5 aromatic rings. The zero-order chi connectivity index (χ0) is 36.6. The van der Waals surface area contributed by atoms with Crippen LogP contribution in [0, 0.1) is 0 Å². The third-order valence-corrected chi connectivity index (χ3v) is 12.1. The molecule has 0 heterocycles. The lowest BCUT2D eigenvalue weighted by Crippen LogP contribution is -2.20. The molecule has 0 saturated carbocycles. The van der Waals surface area contributed by atoms with Crippen LogP contribution in [0.1, 0.15) is 68.2 Å². The molecule has 4 aliphatic rings. The molecule has 0 fully saturated rings. The third-order valence-electron chi connectivity index (χ3n) is 11.6. The molecular formula is C51H46N2S. The number of hydrogen-bond acceptors (Lipinski definition) is 3. The molecule has 54 heavy (non-hydrogen) atoms. The highest BCUT2D eigenvalue weighted by atomic mass is 32.1. The van der Waals surface area contributed by atoms with Gasteiger partial charge in [0.15, 0.2) is 0 Å². The molecule has 0 radical (unpaired) electrons. The Kier molecular flexibility index (Phi) is 9.12. The number of thiol groups is 1. The fraction of sp³-hybridized carbons (Fsp3) is 0.176. The molecule has 5 aromatic carbocycles. The van der Waals surface area contributed by atoms with Crippen LogP contribution in [-0.2, 0) is 5.41 Å². The van der Waals surface area contributed by atoms with E-state index in [0.29, 0.717) is 0 Å². The lowest BCUT2D eigenvalue weighted by atomic mass is 9.82. The summed E-state index contributed by atoms with van der Waals surface area (Å²) < 4.78 is 0. The lowest BCUT2D eigenvalue weighted by Gasteiger charge is -2.30. The molecule has 9 rings (SSSR count). The zero-order valence-electron chi connectivity index (χ0n) is 31.1. The van der Waals surface area contributed by atoms with E-state index < -0.39 is 0 Å². The summed E-state index contributed by atoms with van der Waals surface area (Å²) in [5, 5.41) is 3.97. The van der Waals surface area contributed by atoms with E-state index in [0.717, 1.165) is 48.4 Å². The van der Waals surface area contributed by atoms with E-state index in [2.05, 4.69) is 188 Å². The summed E-state index contributed by atoms with van der Waals surface area (Å²) >= 11 is 5.07. The minimum atomic E-state index is -0.0355. The van der Waals surface area contributed by atoms with Gasteiger partial charge in [0.25, 0.3) is 0 Å². The van der Waals surface area contributed by atoms with Gasteiger partial charge in [0, 0.05) is 44.7 Å². The number of fused-ring (bicyclic) bond motifs is 3. The monoisotopic (exact) mass is 718 g/mol. The van der Waals surface area contributed by atoms with E-state index in [9.17, 15) is 0 Å². The van der Waals surface area contributed by atoms with Crippen molar-refractivity contribution in [2.24, 2.45) is 0 Å². The van der Waals surface area contributed by atoms with Gasteiger partial charge >= 0.3 is 0 Å². The van der Waals surface area contributed by atoms with Crippen LogP contribution in [0.3, 0.4) is 0 Å². The number of nitrogens with zero attached hydrogens (tertiary/aromatic N) is 1. The maximum absolute atomic E-state index is 5.07. The molecule has 0 saturated heterocycles. The Morgan fingerprint density at radius 3 is 2.20 bits per heavy atom. The van der Waals surface area contributed by atoms with Crippen LogP contribution >= 0.6 is 12.6 Å². The minimum Gasteiger partial charge on any atom is -0.378 e. The largest absolute Gasteiger partial charge is 0.378 e. The Balaban J connectivity index is 1.09. The van der Waals surface area contributed by atoms with Crippen molar-refractivity contribution in [3.63, 3.8) is 0 Å². The summed E-state index contributed by atoms with van der Waals surface area (Å²) in [5.74, 6) is 0. The molecule has 1 unspecified atom stereocenters. The molecular weight excluding hydrogens is 673 g/mol. The SMILES string of the molecule is CC1(C)c2ccccc2-c2cc(-c3cc(N(C4=CC=CCC4)c4ccccc4)ccc3NC3C=CC(c4cccc(C5=CC=CCC5)c4S)=CC3)ccc21. The van der Waals surface area contributed by atoms with Crippen molar-refractivity contribution >= 4 is 40.8 Å². The molecule has 1 atom stereocenters. The Morgan fingerprint density at radius 2 is 1.43 bits per heavy atom. The summed E-state index contributed by atoms with van der Waals surface area (Å²) in [6.45, 7) is 4.70. The average Bonchev–Trinajstić information content (AvgIpc) is 3.45. The van der Waals surface area contributed by atoms with Crippen molar-refractivity contribution in [1.82, 2.24) is 0 Å². The summed E-state index contributed by atoms with van der Waals surface area (Å²) in [7, 11) is 0. The summed E-state index contributed by atoms with van der Waals surface area (Å²) in [4.78, 5) is 3.49. The van der Waals surface area contributed by atoms with E-state index in [1.807, 2.05) is 0 Å². The van der Waals surface area contributed by atoms with Gasteiger partial charge in [-0.25, -0.2) is 0 Å². The quantitative estimate of drug-likeness (QED) is 0.155. The smallest absolute Gasteiger partial charge is 0.0482 e. The third kappa shape index (κ3) is 6.31. The molecule has 2 nitrogen and oxygen atoms in total. The van der Waals surface area contributed by atoms with Gasteiger partial charge in [0.1, 0.15) is 0 Å². The van der Waals surface area contributed by atoms with Crippen LogP contribution in [0.5, 0.6) is 0 Å². The van der Waals surface area contributed by atoms with Gasteiger partial charge in [-0.05, 0) is 125 Å². The van der Waals surface area contributed by atoms with Crippen molar-refractivity contribution in [3.05, 3.63) is 192 Å². The first-order valence-corrected chi connectivity index (χ1v) is 19.8. The number of allylic oxidation sites excluding steroid dienone is 10. The summed E-state index contributed by atoms with van der Waals surface area (Å²) in [6, 6.07) is 40.5. The molecule has 0 bridgehead atoms. The number of hydrogen-bond donors (Lipinski definition) is 2.